The molecular formula is C19H17N3O3S. The van der Waals surface area contributed by atoms with Crippen molar-refractivity contribution >= 4 is 23.2 Å². The summed E-state index contributed by atoms with van der Waals surface area (Å²) in [6.07, 6.45) is 1.36. The van der Waals surface area contributed by atoms with Crippen LogP contribution in [0.15, 0.2) is 60.8 Å². The molecule has 0 aliphatic carbocycles. The van der Waals surface area contributed by atoms with Crippen molar-refractivity contribution in [3.63, 3.8) is 0 Å². The van der Waals surface area contributed by atoms with Gasteiger partial charge in [0.25, 0.3) is 11.8 Å². The molecule has 1 atom stereocenters. The van der Waals surface area contributed by atoms with Crippen LogP contribution in [0.4, 0.5) is 0 Å². The Labute approximate surface area is 154 Å². The van der Waals surface area contributed by atoms with Crippen LogP contribution in [0.2, 0.25) is 0 Å². The summed E-state index contributed by atoms with van der Waals surface area (Å²) in [5.74, 6) is -0.843. The molecule has 3 rings (SSSR count). The first kappa shape index (κ1) is 17.8. The predicted molar refractivity (Wildman–Crippen MR) is 99.1 cm³/mol. The van der Waals surface area contributed by atoms with E-state index in [1.165, 1.54) is 6.20 Å². The molecule has 7 heteroatoms. The van der Waals surface area contributed by atoms with E-state index in [0.29, 0.717) is 10.6 Å². The van der Waals surface area contributed by atoms with Gasteiger partial charge in [-0.05, 0) is 30.2 Å². The molecule has 6 nitrogen and oxygen atoms in total. The van der Waals surface area contributed by atoms with Crippen LogP contribution < -0.4 is 10.8 Å². The normalized spacial score (nSPS) is 11.6. The second-order valence-electron chi connectivity index (χ2n) is 5.64. The molecule has 0 saturated heterocycles. The molecule has 2 amide bonds. The van der Waals surface area contributed by atoms with Gasteiger partial charge in [0.05, 0.1) is 12.2 Å². The Kier molecular flexibility index (Phi) is 5.40. The summed E-state index contributed by atoms with van der Waals surface area (Å²) in [6.45, 7) is 1.79. The van der Waals surface area contributed by atoms with Gasteiger partial charge in [-0.3, -0.25) is 14.8 Å². The summed E-state index contributed by atoms with van der Waals surface area (Å²) < 4.78 is 0. The van der Waals surface area contributed by atoms with Crippen LogP contribution in [-0.2, 0) is 0 Å². The van der Waals surface area contributed by atoms with E-state index >= 15 is 0 Å². The first-order valence-electron chi connectivity index (χ1n) is 7.95. The molecular weight excluding hydrogens is 350 g/mol. The fourth-order valence-electron chi connectivity index (χ4n) is 2.43. The molecule has 0 aliphatic rings. The molecule has 0 bridgehead atoms. The van der Waals surface area contributed by atoms with Gasteiger partial charge in [0.2, 0.25) is 0 Å². The minimum absolute atomic E-state index is 0.222. The van der Waals surface area contributed by atoms with Crippen molar-refractivity contribution in [1.82, 2.24) is 15.8 Å². The van der Waals surface area contributed by atoms with Crippen molar-refractivity contribution in [3.8, 4) is 11.1 Å². The average molecular weight is 367 g/mol. The van der Waals surface area contributed by atoms with Gasteiger partial charge >= 0.3 is 0 Å². The van der Waals surface area contributed by atoms with Crippen LogP contribution >= 0.6 is 11.3 Å². The lowest BCUT2D eigenvalue weighted by Crippen LogP contribution is -2.26. The minimum atomic E-state index is -0.622. The molecule has 26 heavy (non-hydrogen) atoms. The van der Waals surface area contributed by atoms with Crippen molar-refractivity contribution < 1.29 is 14.8 Å². The highest BCUT2D eigenvalue weighted by atomic mass is 32.1. The predicted octanol–water partition coefficient (Wildman–Crippen LogP) is 3.42. The maximum absolute atomic E-state index is 12.4. The standard InChI is InChI=1S/C19H17N3O3S/c1-12(19-20-11-16(26-19)18(24)22-25)21-17(23)15-9-7-14(8-10-15)13-5-3-2-4-6-13/h2-12,25H,1H3,(H,21,23)(H,22,24)/t12-/m0/s1. The van der Waals surface area contributed by atoms with Gasteiger partial charge in [0.15, 0.2) is 0 Å². The Morgan fingerprint density at radius 3 is 2.31 bits per heavy atom. The van der Waals surface area contributed by atoms with Gasteiger partial charge in [-0.1, -0.05) is 42.5 Å². The maximum Gasteiger partial charge on any atom is 0.286 e. The SMILES string of the molecule is C[C@H](NC(=O)c1ccc(-c2ccccc2)cc1)c1ncc(C(=O)NO)s1. The summed E-state index contributed by atoms with van der Waals surface area (Å²) in [6, 6.07) is 16.9. The highest BCUT2D eigenvalue weighted by Gasteiger charge is 2.17. The second kappa shape index (κ2) is 7.90. The topological polar surface area (TPSA) is 91.3 Å². The van der Waals surface area contributed by atoms with E-state index in [1.807, 2.05) is 42.5 Å². The molecule has 132 valence electrons. The molecule has 2 aromatic carbocycles. The lowest BCUT2D eigenvalue weighted by atomic mass is 10.0. The second-order valence-corrected chi connectivity index (χ2v) is 6.70. The molecule has 0 radical (unpaired) electrons. The third kappa shape index (κ3) is 3.96. The van der Waals surface area contributed by atoms with Gasteiger partial charge in [-0.2, -0.15) is 0 Å². The summed E-state index contributed by atoms with van der Waals surface area (Å²) in [5, 5.41) is 12.1. The molecule has 1 aromatic heterocycles. The van der Waals surface area contributed by atoms with Crippen LogP contribution in [0.25, 0.3) is 11.1 Å². The van der Waals surface area contributed by atoms with Crippen molar-refractivity contribution in [2.75, 3.05) is 0 Å². The number of carbonyl (C=O) groups excluding carboxylic acids is 2. The number of nitrogens with one attached hydrogen (secondary N) is 2. The van der Waals surface area contributed by atoms with Crippen molar-refractivity contribution in [2.45, 2.75) is 13.0 Å². The van der Waals surface area contributed by atoms with E-state index in [2.05, 4.69) is 10.3 Å². The zero-order valence-corrected chi connectivity index (χ0v) is 14.8. The van der Waals surface area contributed by atoms with Crippen molar-refractivity contribution in [2.24, 2.45) is 0 Å². The molecule has 0 unspecified atom stereocenters. The Morgan fingerprint density at radius 2 is 1.65 bits per heavy atom. The lowest BCUT2D eigenvalue weighted by Gasteiger charge is -2.11. The van der Waals surface area contributed by atoms with E-state index in [-0.39, 0.29) is 16.8 Å². The van der Waals surface area contributed by atoms with E-state index in [1.54, 1.807) is 24.5 Å². The molecule has 3 aromatic rings. The first-order chi connectivity index (χ1) is 12.6. The summed E-state index contributed by atoms with van der Waals surface area (Å²) in [7, 11) is 0. The maximum atomic E-state index is 12.4. The van der Waals surface area contributed by atoms with E-state index in [9.17, 15) is 9.59 Å². The number of amides is 2. The number of thiazole rings is 1. The van der Waals surface area contributed by atoms with Gasteiger partial charge in [-0.25, -0.2) is 10.5 Å². The van der Waals surface area contributed by atoms with Crippen LogP contribution in [0.5, 0.6) is 0 Å². The highest BCUT2D eigenvalue weighted by Crippen LogP contribution is 2.22. The Morgan fingerprint density at radius 1 is 1.00 bits per heavy atom. The van der Waals surface area contributed by atoms with Gasteiger partial charge in [0, 0.05) is 5.56 Å². The first-order valence-corrected chi connectivity index (χ1v) is 8.76. The third-order valence-electron chi connectivity index (χ3n) is 3.82. The number of hydrogen-bond donors (Lipinski definition) is 3. The van der Waals surface area contributed by atoms with Crippen LogP contribution in [0, 0.1) is 0 Å². The lowest BCUT2D eigenvalue weighted by molar-refractivity contribution is 0.0710. The van der Waals surface area contributed by atoms with Gasteiger partial charge in [0.1, 0.15) is 9.88 Å². The number of rotatable bonds is 5. The number of aromatic nitrogens is 1. The quantitative estimate of drug-likeness (QED) is 0.476. The van der Waals surface area contributed by atoms with Gasteiger partial charge < -0.3 is 5.32 Å². The number of nitrogens with zero attached hydrogens (tertiary/aromatic N) is 1. The molecule has 0 saturated carbocycles. The fraction of sp³-hybridized carbons (Fsp3) is 0.105. The molecule has 3 N–H and O–H groups in total. The summed E-state index contributed by atoms with van der Waals surface area (Å²) >= 11 is 1.11. The third-order valence-corrected chi connectivity index (χ3v) is 5.00. The molecule has 0 fully saturated rings. The summed E-state index contributed by atoms with van der Waals surface area (Å²) in [4.78, 5) is 28.2. The van der Waals surface area contributed by atoms with Crippen LogP contribution in [0.3, 0.4) is 0 Å². The zero-order chi connectivity index (χ0) is 18.5. The average Bonchev–Trinajstić information content (AvgIpc) is 3.18. The number of hydrogen-bond acceptors (Lipinski definition) is 5. The van der Waals surface area contributed by atoms with E-state index in [4.69, 9.17) is 5.21 Å². The monoisotopic (exact) mass is 367 g/mol. The smallest absolute Gasteiger partial charge is 0.286 e. The van der Waals surface area contributed by atoms with Crippen molar-refractivity contribution in [1.29, 1.82) is 0 Å². The summed E-state index contributed by atoms with van der Waals surface area (Å²) in [5.41, 5.74) is 4.23. The van der Waals surface area contributed by atoms with E-state index < -0.39 is 5.91 Å². The highest BCUT2D eigenvalue weighted by molar-refractivity contribution is 7.13. The van der Waals surface area contributed by atoms with Crippen LogP contribution in [0.1, 0.15) is 38.0 Å². The number of hydroxylamine groups is 1. The van der Waals surface area contributed by atoms with Crippen molar-refractivity contribution in [3.05, 3.63) is 76.2 Å². The Balaban J connectivity index is 1.67. The number of carbonyl (C=O) groups is 2. The largest absolute Gasteiger partial charge is 0.343 e. The Hall–Kier alpha value is -3.03. The fourth-order valence-corrected chi connectivity index (χ4v) is 3.24. The molecule has 0 spiro atoms. The minimum Gasteiger partial charge on any atom is -0.343 e. The molecule has 0 aliphatic heterocycles. The molecule has 1 heterocycles. The number of benzene rings is 2. The van der Waals surface area contributed by atoms with E-state index in [0.717, 1.165) is 22.5 Å². The zero-order valence-electron chi connectivity index (χ0n) is 14.0. The Bertz CT molecular complexity index is 907. The van der Waals surface area contributed by atoms with Gasteiger partial charge in [-0.15, -0.1) is 11.3 Å². The van der Waals surface area contributed by atoms with Crippen LogP contribution in [-0.4, -0.2) is 22.0 Å².